The summed E-state index contributed by atoms with van der Waals surface area (Å²) >= 11 is 0. The van der Waals surface area contributed by atoms with Gasteiger partial charge in [0.05, 0.1) is 24.1 Å². The number of nitrogen functional groups attached to an aromatic ring is 1. The van der Waals surface area contributed by atoms with Gasteiger partial charge in [0.2, 0.25) is 5.89 Å². The molecule has 0 spiro atoms. The number of hydrogen-bond donors (Lipinski definition) is 2. The van der Waals surface area contributed by atoms with Crippen molar-refractivity contribution in [2.24, 2.45) is 0 Å². The molecule has 3 aromatic rings. The average molecular weight is 342 g/mol. The Bertz CT molecular complexity index is 927. The Labute approximate surface area is 142 Å². The first-order chi connectivity index (χ1) is 12.0. The van der Waals surface area contributed by atoms with Gasteiger partial charge in [0.1, 0.15) is 17.8 Å². The maximum Gasteiger partial charge on any atom is 0.274 e. The number of carbonyl (C=O) groups excluding carboxylic acids is 1. The Hall–Kier alpha value is -3.36. The lowest BCUT2D eigenvalue weighted by Gasteiger charge is -2.10. The minimum atomic E-state index is -0.530. The molecular weight excluding hydrogens is 327 g/mol. The first-order valence-electron chi connectivity index (χ1n) is 7.39. The first-order valence-corrected chi connectivity index (χ1v) is 7.39. The summed E-state index contributed by atoms with van der Waals surface area (Å²) in [5.41, 5.74) is 7.42. The van der Waals surface area contributed by atoms with Crippen molar-refractivity contribution in [3.05, 3.63) is 53.2 Å². The number of anilines is 1. The predicted octanol–water partition coefficient (Wildman–Crippen LogP) is 1.79. The van der Waals surface area contributed by atoms with Gasteiger partial charge in [0, 0.05) is 11.8 Å². The number of halogens is 1. The minimum absolute atomic E-state index is 0.0261. The lowest BCUT2D eigenvalue weighted by Crippen LogP contribution is -2.26. The van der Waals surface area contributed by atoms with Gasteiger partial charge < -0.3 is 15.5 Å². The number of amides is 1. The molecule has 3 N–H and O–H groups in total. The van der Waals surface area contributed by atoms with Crippen LogP contribution in [0.4, 0.5) is 10.2 Å². The van der Waals surface area contributed by atoms with Gasteiger partial charge in [-0.25, -0.2) is 19.3 Å². The zero-order valence-electron chi connectivity index (χ0n) is 13.6. The SMILES string of the molecule is Cc1nc(C(=O)NCc2nccc(F)c2C)c(N)nc1-c1ncco1. The summed E-state index contributed by atoms with van der Waals surface area (Å²) in [5.74, 6) is -0.703. The second kappa shape index (κ2) is 6.63. The monoisotopic (exact) mass is 342 g/mol. The topological polar surface area (TPSA) is 120 Å². The normalized spacial score (nSPS) is 10.7. The lowest BCUT2D eigenvalue weighted by molar-refractivity contribution is 0.0945. The number of carbonyl (C=O) groups is 1. The summed E-state index contributed by atoms with van der Waals surface area (Å²) in [4.78, 5) is 28.7. The second-order valence-electron chi connectivity index (χ2n) is 5.28. The van der Waals surface area contributed by atoms with Crippen molar-refractivity contribution in [3.63, 3.8) is 0 Å². The van der Waals surface area contributed by atoms with Crippen LogP contribution in [0.2, 0.25) is 0 Å². The zero-order valence-corrected chi connectivity index (χ0v) is 13.6. The number of nitrogens with one attached hydrogen (secondary N) is 1. The van der Waals surface area contributed by atoms with Gasteiger partial charge in [-0.2, -0.15) is 0 Å². The molecule has 0 fully saturated rings. The molecule has 0 saturated heterocycles. The van der Waals surface area contributed by atoms with E-state index in [1.807, 2.05) is 0 Å². The largest absolute Gasteiger partial charge is 0.443 e. The number of pyridine rings is 1. The standard InChI is InChI=1S/C16H15FN6O2/c1-8-10(17)3-4-19-11(8)7-21-15(24)13-14(18)23-12(9(2)22-13)16-20-5-6-25-16/h3-6H,7H2,1-2H3,(H2,18,23)(H,21,24). The van der Waals surface area contributed by atoms with E-state index >= 15 is 0 Å². The highest BCUT2D eigenvalue weighted by Gasteiger charge is 2.19. The van der Waals surface area contributed by atoms with Crippen LogP contribution in [-0.4, -0.2) is 25.8 Å². The Morgan fingerprint density at radius 3 is 2.80 bits per heavy atom. The minimum Gasteiger partial charge on any atom is -0.443 e. The number of nitrogens with zero attached hydrogens (tertiary/aromatic N) is 4. The van der Waals surface area contributed by atoms with Gasteiger partial charge in [-0.3, -0.25) is 9.78 Å². The fraction of sp³-hybridized carbons (Fsp3) is 0.188. The van der Waals surface area contributed by atoms with Crippen LogP contribution in [-0.2, 0) is 6.54 Å². The van der Waals surface area contributed by atoms with Gasteiger partial charge in [-0.15, -0.1) is 0 Å². The number of rotatable bonds is 4. The van der Waals surface area contributed by atoms with Gasteiger partial charge in [-0.1, -0.05) is 0 Å². The van der Waals surface area contributed by atoms with Crippen LogP contribution in [0, 0.1) is 19.7 Å². The summed E-state index contributed by atoms with van der Waals surface area (Å²) in [6.45, 7) is 3.30. The highest BCUT2D eigenvalue weighted by atomic mass is 19.1. The highest BCUT2D eigenvalue weighted by molar-refractivity contribution is 5.96. The van der Waals surface area contributed by atoms with Crippen LogP contribution >= 0.6 is 0 Å². The molecule has 25 heavy (non-hydrogen) atoms. The number of aromatic nitrogens is 4. The molecule has 0 saturated carbocycles. The third-order valence-electron chi connectivity index (χ3n) is 3.61. The molecule has 3 aromatic heterocycles. The second-order valence-corrected chi connectivity index (χ2v) is 5.28. The third kappa shape index (κ3) is 3.30. The molecule has 3 rings (SSSR count). The summed E-state index contributed by atoms with van der Waals surface area (Å²) in [6.07, 6.45) is 4.22. The molecule has 9 heteroatoms. The van der Waals surface area contributed by atoms with Crippen molar-refractivity contribution < 1.29 is 13.6 Å². The van der Waals surface area contributed by atoms with Gasteiger partial charge in [0.15, 0.2) is 11.5 Å². The van der Waals surface area contributed by atoms with Gasteiger partial charge >= 0.3 is 0 Å². The molecule has 0 bridgehead atoms. The maximum atomic E-state index is 13.5. The molecule has 0 aliphatic carbocycles. The van der Waals surface area contributed by atoms with E-state index in [0.29, 0.717) is 22.6 Å². The van der Waals surface area contributed by atoms with Crippen LogP contribution < -0.4 is 11.1 Å². The summed E-state index contributed by atoms with van der Waals surface area (Å²) < 4.78 is 18.7. The van der Waals surface area contributed by atoms with Gasteiger partial charge in [-0.05, 0) is 19.9 Å². The molecule has 0 aromatic carbocycles. The quantitative estimate of drug-likeness (QED) is 0.741. The summed E-state index contributed by atoms with van der Waals surface area (Å²) in [5, 5.41) is 2.62. The van der Waals surface area contributed by atoms with Crippen LogP contribution in [0.15, 0.2) is 29.1 Å². The molecule has 128 valence electrons. The Morgan fingerprint density at radius 1 is 1.28 bits per heavy atom. The molecule has 0 radical (unpaired) electrons. The van der Waals surface area contributed by atoms with Crippen LogP contribution in [0.3, 0.4) is 0 Å². The van der Waals surface area contributed by atoms with Crippen molar-refractivity contribution in [2.75, 3.05) is 5.73 Å². The third-order valence-corrected chi connectivity index (χ3v) is 3.61. The fourth-order valence-electron chi connectivity index (χ4n) is 2.22. The van der Waals surface area contributed by atoms with Crippen molar-refractivity contribution in [1.29, 1.82) is 0 Å². The van der Waals surface area contributed by atoms with Crippen LogP contribution in [0.1, 0.15) is 27.4 Å². The number of nitrogens with two attached hydrogens (primary N) is 1. The Kier molecular flexibility index (Phi) is 4.38. The number of oxazole rings is 1. The smallest absolute Gasteiger partial charge is 0.274 e. The molecule has 0 atom stereocenters. The highest BCUT2D eigenvalue weighted by Crippen LogP contribution is 2.20. The molecule has 3 heterocycles. The average Bonchev–Trinajstić information content (AvgIpc) is 3.12. The van der Waals surface area contributed by atoms with E-state index in [1.54, 1.807) is 13.8 Å². The van der Waals surface area contributed by atoms with Gasteiger partial charge in [0.25, 0.3) is 5.91 Å². The molecule has 1 amide bonds. The Morgan fingerprint density at radius 2 is 2.08 bits per heavy atom. The van der Waals surface area contributed by atoms with Crippen molar-refractivity contribution in [2.45, 2.75) is 20.4 Å². The van der Waals surface area contributed by atoms with Crippen molar-refractivity contribution in [3.8, 4) is 11.6 Å². The summed E-state index contributed by atoms with van der Waals surface area (Å²) in [7, 11) is 0. The number of hydrogen-bond acceptors (Lipinski definition) is 7. The van der Waals surface area contributed by atoms with E-state index in [9.17, 15) is 9.18 Å². The van der Waals surface area contributed by atoms with E-state index in [1.165, 1.54) is 24.7 Å². The fourth-order valence-corrected chi connectivity index (χ4v) is 2.22. The first kappa shape index (κ1) is 16.5. The molecular formula is C16H15FN6O2. The van der Waals surface area contributed by atoms with E-state index in [2.05, 4.69) is 25.3 Å². The van der Waals surface area contributed by atoms with E-state index < -0.39 is 5.91 Å². The molecule has 8 nitrogen and oxygen atoms in total. The summed E-state index contributed by atoms with van der Waals surface area (Å²) in [6, 6.07) is 1.26. The van der Waals surface area contributed by atoms with E-state index in [4.69, 9.17) is 10.2 Å². The maximum absolute atomic E-state index is 13.5. The predicted molar refractivity (Wildman–Crippen MR) is 86.8 cm³/mol. The Balaban J connectivity index is 1.81. The van der Waals surface area contributed by atoms with E-state index in [-0.39, 0.29) is 29.8 Å². The molecule has 0 aliphatic rings. The molecule has 0 unspecified atom stereocenters. The van der Waals surface area contributed by atoms with Crippen molar-refractivity contribution in [1.82, 2.24) is 25.3 Å². The number of aryl methyl sites for hydroxylation is 1. The lowest BCUT2D eigenvalue weighted by atomic mass is 10.2. The van der Waals surface area contributed by atoms with Crippen molar-refractivity contribution >= 4 is 11.7 Å². The van der Waals surface area contributed by atoms with E-state index in [0.717, 1.165) is 0 Å². The van der Waals surface area contributed by atoms with Crippen LogP contribution in [0.5, 0.6) is 0 Å². The van der Waals surface area contributed by atoms with Crippen LogP contribution in [0.25, 0.3) is 11.6 Å². The molecule has 0 aliphatic heterocycles. The zero-order chi connectivity index (χ0) is 18.0.